The molecule has 0 amide bonds. The summed E-state index contributed by atoms with van der Waals surface area (Å²) in [6.07, 6.45) is 5.52. The number of nitrogens with two attached hydrogens (primary N) is 2. The lowest BCUT2D eigenvalue weighted by Gasteiger charge is -2.07. The summed E-state index contributed by atoms with van der Waals surface area (Å²) in [7, 11) is 0. The van der Waals surface area contributed by atoms with Crippen LogP contribution in [0, 0.1) is 0 Å². The van der Waals surface area contributed by atoms with Crippen LogP contribution in [-0.2, 0) is 0 Å². The molecule has 1 aromatic carbocycles. The SMILES string of the molecule is CC=C(NN)c1sc(C(=C(C)N)c2ccccn2)nc1-c1cnc2ccccc2c1. The van der Waals surface area contributed by atoms with Crippen LogP contribution in [0.25, 0.3) is 33.4 Å². The fraction of sp³-hybridized carbons (Fsp3) is 0.0870. The van der Waals surface area contributed by atoms with Crippen molar-refractivity contribution in [2.45, 2.75) is 13.8 Å². The highest BCUT2D eigenvalue weighted by Gasteiger charge is 2.21. The normalized spacial score (nSPS) is 12.7. The van der Waals surface area contributed by atoms with Gasteiger partial charge in [0.2, 0.25) is 0 Å². The second-order valence-corrected chi connectivity index (χ2v) is 7.73. The molecule has 0 spiro atoms. The van der Waals surface area contributed by atoms with Crippen LogP contribution in [0.4, 0.5) is 0 Å². The van der Waals surface area contributed by atoms with Crippen LogP contribution < -0.4 is 17.0 Å². The molecular formula is C23H22N6S. The smallest absolute Gasteiger partial charge is 0.128 e. The molecule has 6 nitrogen and oxygen atoms in total. The molecule has 0 aliphatic heterocycles. The van der Waals surface area contributed by atoms with Gasteiger partial charge >= 0.3 is 0 Å². The summed E-state index contributed by atoms with van der Waals surface area (Å²) in [4.78, 5) is 15.0. The molecule has 0 saturated carbocycles. The van der Waals surface area contributed by atoms with Crippen molar-refractivity contribution in [3.63, 3.8) is 0 Å². The fourth-order valence-corrected chi connectivity index (χ4v) is 4.52. The van der Waals surface area contributed by atoms with Crippen molar-refractivity contribution < 1.29 is 0 Å². The maximum Gasteiger partial charge on any atom is 0.128 e. The third-order valence-electron chi connectivity index (χ3n) is 4.71. The maximum atomic E-state index is 6.25. The van der Waals surface area contributed by atoms with E-state index in [1.165, 1.54) is 11.3 Å². The van der Waals surface area contributed by atoms with Gasteiger partial charge in [-0.25, -0.2) is 4.98 Å². The number of rotatable bonds is 5. The number of nitrogens with one attached hydrogen (secondary N) is 1. The van der Waals surface area contributed by atoms with E-state index in [4.69, 9.17) is 16.6 Å². The molecule has 0 fully saturated rings. The molecule has 4 rings (SSSR count). The van der Waals surface area contributed by atoms with Crippen molar-refractivity contribution in [3.05, 3.63) is 88.3 Å². The summed E-state index contributed by atoms with van der Waals surface area (Å²) in [5.74, 6) is 5.81. The Labute approximate surface area is 179 Å². The van der Waals surface area contributed by atoms with E-state index in [1.807, 2.05) is 68.6 Å². The number of para-hydroxylation sites is 1. The van der Waals surface area contributed by atoms with E-state index in [0.29, 0.717) is 5.70 Å². The molecule has 0 atom stereocenters. The average Bonchev–Trinajstić information content (AvgIpc) is 3.19. The minimum Gasteiger partial charge on any atom is -0.402 e. The summed E-state index contributed by atoms with van der Waals surface area (Å²) >= 11 is 1.52. The zero-order valence-electron chi connectivity index (χ0n) is 16.8. The lowest BCUT2D eigenvalue weighted by molar-refractivity contribution is 0.994. The van der Waals surface area contributed by atoms with E-state index < -0.39 is 0 Å². The minimum absolute atomic E-state index is 0.653. The lowest BCUT2D eigenvalue weighted by Crippen LogP contribution is -2.19. The van der Waals surface area contributed by atoms with Gasteiger partial charge in [-0.1, -0.05) is 30.3 Å². The van der Waals surface area contributed by atoms with E-state index in [1.54, 1.807) is 6.20 Å². The number of hydrogen-bond acceptors (Lipinski definition) is 7. The molecule has 5 N–H and O–H groups in total. The Balaban J connectivity index is 1.94. The zero-order valence-corrected chi connectivity index (χ0v) is 17.6. The van der Waals surface area contributed by atoms with Gasteiger partial charge in [0.1, 0.15) is 5.01 Å². The topological polar surface area (TPSA) is 103 Å². The number of hydrogen-bond donors (Lipinski definition) is 3. The molecule has 0 aliphatic carbocycles. The summed E-state index contributed by atoms with van der Waals surface area (Å²) in [5.41, 5.74) is 14.7. The van der Waals surface area contributed by atoms with Crippen molar-refractivity contribution in [1.29, 1.82) is 0 Å². The molecule has 3 aromatic heterocycles. The largest absolute Gasteiger partial charge is 0.402 e. The number of nitrogens with zero attached hydrogens (tertiary/aromatic N) is 3. The molecule has 7 heteroatoms. The summed E-state index contributed by atoms with van der Waals surface area (Å²) in [5, 5.41) is 1.83. The maximum absolute atomic E-state index is 6.25. The molecular weight excluding hydrogens is 392 g/mol. The van der Waals surface area contributed by atoms with Gasteiger partial charge in [-0.3, -0.25) is 15.8 Å². The number of aromatic nitrogens is 3. The van der Waals surface area contributed by atoms with E-state index in [-0.39, 0.29) is 0 Å². The Morgan fingerprint density at radius 3 is 2.60 bits per heavy atom. The third-order valence-corrected chi connectivity index (χ3v) is 5.82. The van der Waals surface area contributed by atoms with Gasteiger partial charge in [-0.05, 0) is 38.1 Å². The standard InChI is InChI=1S/C23H22N6S/c1-3-17(29-25)22-21(16-12-15-8-4-5-9-18(15)27-13-16)28-23(30-22)20(14(2)24)19-10-6-7-11-26-19/h3-13,29H,24-25H2,1-2H3. The van der Waals surface area contributed by atoms with Gasteiger partial charge in [0.05, 0.1) is 33.1 Å². The van der Waals surface area contributed by atoms with Gasteiger partial charge in [0.25, 0.3) is 0 Å². The van der Waals surface area contributed by atoms with Crippen LogP contribution in [0.5, 0.6) is 0 Å². The van der Waals surface area contributed by atoms with Gasteiger partial charge in [0, 0.05) is 29.0 Å². The Hall–Kier alpha value is -3.55. The predicted molar refractivity (Wildman–Crippen MR) is 124 cm³/mol. The van der Waals surface area contributed by atoms with Crippen molar-refractivity contribution in [1.82, 2.24) is 20.4 Å². The average molecular weight is 415 g/mol. The first-order chi connectivity index (χ1) is 14.6. The Morgan fingerprint density at radius 1 is 1.10 bits per heavy atom. The number of hydrazine groups is 1. The molecule has 3 heterocycles. The monoisotopic (exact) mass is 414 g/mol. The van der Waals surface area contributed by atoms with Crippen molar-refractivity contribution in [2.24, 2.45) is 11.6 Å². The van der Waals surface area contributed by atoms with Crippen molar-refractivity contribution >= 4 is 33.5 Å². The minimum atomic E-state index is 0.653. The van der Waals surface area contributed by atoms with Crippen molar-refractivity contribution in [2.75, 3.05) is 0 Å². The van der Waals surface area contributed by atoms with Crippen LogP contribution in [0.15, 0.2) is 72.7 Å². The van der Waals surface area contributed by atoms with Crippen molar-refractivity contribution in [3.8, 4) is 11.3 Å². The number of pyridine rings is 2. The lowest BCUT2D eigenvalue weighted by atomic mass is 10.1. The van der Waals surface area contributed by atoms with E-state index in [0.717, 1.165) is 49.0 Å². The summed E-state index contributed by atoms with van der Waals surface area (Å²) < 4.78 is 0. The molecule has 0 saturated heterocycles. The quantitative estimate of drug-likeness (QED) is 0.332. The van der Waals surface area contributed by atoms with Gasteiger partial charge in [-0.2, -0.15) is 0 Å². The molecule has 0 bridgehead atoms. The molecule has 0 unspecified atom stereocenters. The predicted octanol–water partition coefficient (Wildman–Crippen LogP) is 4.32. The summed E-state index contributed by atoms with van der Waals surface area (Å²) in [6.45, 7) is 3.79. The first-order valence-electron chi connectivity index (χ1n) is 9.49. The number of benzene rings is 1. The highest BCUT2D eigenvalue weighted by Crippen LogP contribution is 2.37. The second kappa shape index (κ2) is 8.44. The Kier molecular flexibility index (Phi) is 5.56. The van der Waals surface area contributed by atoms with Crippen LogP contribution in [0.3, 0.4) is 0 Å². The highest BCUT2D eigenvalue weighted by atomic mass is 32.1. The number of fused-ring (bicyclic) bond motifs is 1. The highest BCUT2D eigenvalue weighted by molar-refractivity contribution is 7.14. The first-order valence-corrected chi connectivity index (χ1v) is 10.3. The van der Waals surface area contributed by atoms with Crippen LogP contribution in [0.2, 0.25) is 0 Å². The van der Waals surface area contributed by atoms with Crippen LogP contribution >= 0.6 is 11.3 Å². The number of thiazole rings is 1. The Morgan fingerprint density at radius 2 is 1.90 bits per heavy atom. The second-order valence-electron chi connectivity index (χ2n) is 6.73. The zero-order chi connectivity index (χ0) is 21.1. The number of allylic oxidation sites excluding steroid dienone is 2. The van der Waals surface area contributed by atoms with E-state index >= 15 is 0 Å². The summed E-state index contributed by atoms with van der Waals surface area (Å²) in [6, 6.07) is 15.8. The third kappa shape index (κ3) is 3.68. The van der Waals surface area contributed by atoms with Gasteiger partial charge in [-0.15, -0.1) is 11.3 Å². The molecule has 0 radical (unpaired) electrons. The Bertz CT molecular complexity index is 1250. The molecule has 150 valence electrons. The van der Waals surface area contributed by atoms with Gasteiger partial charge < -0.3 is 11.2 Å². The van der Waals surface area contributed by atoms with Crippen LogP contribution in [0.1, 0.15) is 29.4 Å². The first kappa shape index (κ1) is 19.8. The molecule has 0 aliphatic rings. The van der Waals surface area contributed by atoms with Crippen LogP contribution in [-0.4, -0.2) is 15.0 Å². The van der Waals surface area contributed by atoms with E-state index in [9.17, 15) is 0 Å². The van der Waals surface area contributed by atoms with E-state index in [2.05, 4.69) is 21.5 Å². The molecule has 4 aromatic rings. The van der Waals surface area contributed by atoms with Gasteiger partial charge in [0.15, 0.2) is 0 Å². The molecule has 30 heavy (non-hydrogen) atoms. The fourth-order valence-electron chi connectivity index (χ4n) is 3.28.